The van der Waals surface area contributed by atoms with Crippen molar-refractivity contribution in [1.29, 1.82) is 0 Å². The number of aromatic nitrogens is 1. The number of hydrogen-bond acceptors (Lipinski definition) is 2. The molecule has 1 amide bonds. The van der Waals surface area contributed by atoms with Crippen molar-refractivity contribution in [1.82, 2.24) is 10.3 Å². The van der Waals surface area contributed by atoms with Crippen LogP contribution in [0.1, 0.15) is 15.9 Å². The first-order chi connectivity index (χ1) is 10.3. The van der Waals surface area contributed by atoms with Crippen LogP contribution in [0.25, 0.3) is 10.8 Å². The molecule has 0 atom stereocenters. The molecule has 1 heterocycles. The standard InChI is InChI=1S/C17H13BrN2O/c18-16-15(9-4-10-19-16)17(21)20-11-13-7-3-6-12-5-1-2-8-14(12)13/h1-10H,11H2,(H,20,21). The average Bonchev–Trinajstić information content (AvgIpc) is 2.53. The highest BCUT2D eigenvalue weighted by Gasteiger charge is 2.10. The molecular formula is C17H13BrN2O. The zero-order chi connectivity index (χ0) is 14.7. The fourth-order valence-corrected chi connectivity index (χ4v) is 2.70. The van der Waals surface area contributed by atoms with Crippen LogP contribution in [0.3, 0.4) is 0 Å². The van der Waals surface area contributed by atoms with Gasteiger partial charge in [0.2, 0.25) is 0 Å². The van der Waals surface area contributed by atoms with Gasteiger partial charge in [0, 0.05) is 12.7 Å². The molecule has 3 nitrogen and oxygen atoms in total. The highest BCUT2D eigenvalue weighted by atomic mass is 79.9. The van der Waals surface area contributed by atoms with E-state index in [0.717, 1.165) is 10.9 Å². The summed E-state index contributed by atoms with van der Waals surface area (Å²) in [6, 6.07) is 17.7. The van der Waals surface area contributed by atoms with Gasteiger partial charge in [0.25, 0.3) is 5.91 Å². The Balaban J connectivity index is 1.81. The van der Waals surface area contributed by atoms with Gasteiger partial charge >= 0.3 is 0 Å². The molecule has 0 saturated carbocycles. The SMILES string of the molecule is O=C(NCc1cccc2ccccc12)c1cccnc1Br. The van der Waals surface area contributed by atoms with Crippen LogP contribution >= 0.6 is 15.9 Å². The Morgan fingerprint density at radius 3 is 2.71 bits per heavy atom. The lowest BCUT2D eigenvalue weighted by Crippen LogP contribution is -2.23. The third kappa shape index (κ3) is 2.95. The van der Waals surface area contributed by atoms with Gasteiger partial charge in [-0.05, 0) is 44.4 Å². The first-order valence-corrected chi connectivity index (χ1v) is 7.40. The van der Waals surface area contributed by atoms with E-state index in [1.54, 1.807) is 18.3 Å². The molecule has 0 saturated heterocycles. The van der Waals surface area contributed by atoms with Gasteiger partial charge in [0.05, 0.1) is 5.56 Å². The van der Waals surface area contributed by atoms with Crippen LogP contribution < -0.4 is 5.32 Å². The zero-order valence-electron chi connectivity index (χ0n) is 11.2. The molecule has 3 aromatic rings. The number of amides is 1. The Hall–Kier alpha value is -2.20. The number of rotatable bonds is 3. The van der Waals surface area contributed by atoms with Crippen LogP contribution in [0, 0.1) is 0 Å². The zero-order valence-corrected chi connectivity index (χ0v) is 12.8. The lowest BCUT2D eigenvalue weighted by molar-refractivity contribution is 0.0950. The predicted octanol–water partition coefficient (Wildman–Crippen LogP) is 3.93. The van der Waals surface area contributed by atoms with Crippen molar-refractivity contribution in [2.75, 3.05) is 0 Å². The summed E-state index contributed by atoms with van der Waals surface area (Å²) in [6.45, 7) is 0.488. The molecule has 2 aromatic carbocycles. The number of hydrogen-bond donors (Lipinski definition) is 1. The van der Waals surface area contributed by atoms with Crippen LogP contribution in [0.5, 0.6) is 0 Å². The fourth-order valence-electron chi connectivity index (χ4n) is 2.27. The minimum atomic E-state index is -0.136. The van der Waals surface area contributed by atoms with Gasteiger partial charge in [-0.15, -0.1) is 0 Å². The lowest BCUT2D eigenvalue weighted by Gasteiger charge is -2.09. The summed E-state index contributed by atoms with van der Waals surface area (Å²) in [5.41, 5.74) is 1.64. The Morgan fingerprint density at radius 1 is 1.05 bits per heavy atom. The van der Waals surface area contributed by atoms with Gasteiger partial charge in [-0.2, -0.15) is 0 Å². The van der Waals surface area contributed by atoms with Crippen molar-refractivity contribution in [2.45, 2.75) is 6.54 Å². The van der Waals surface area contributed by atoms with Crippen LogP contribution in [0.15, 0.2) is 65.4 Å². The molecule has 0 bridgehead atoms. The highest BCUT2D eigenvalue weighted by Crippen LogP contribution is 2.18. The Labute approximate surface area is 131 Å². The van der Waals surface area contributed by atoms with Crippen molar-refractivity contribution in [3.63, 3.8) is 0 Å². The minimum absolute atomic E-state index is 0.136. The van der Waals surface area contributed by atoms with Crippen molar-refractivity contribution in [2.24, 2.45) is 0 Å². The smallest absolute Gasteiger partial charge is 0.254 e. The third-order valence-electron chi connectivity index (χ3n) is 3.32. The lowest BCUT2D eigenvalue weighted by atomic mass is 10.0. The van der Waals surface area contributed by atoms with Gasteiger partial charge in [-0.3, -0.25) is 4.79 Å². The molecule has 0 unspecified atom stereocenters. The van der Waals surface area contributed by atoms with Crippen LogP contribution in [0.4, 0.5) is 0 Å². The highest BCUT2D eigenvalue weighted by molar-refractivity contribution is 9.10. The van der Waals surface area contributed by atoms with E-state index in [9.17, 15) is 4.79 Å². The molecule has 0 radical (unpaired) electrons. The number of benzene rings is 2. The van der Waals surface area contributed by atoms with Crippen LogP contribution in [-0.4, -0.2) is 10.9 Å². The summed E-state index contributed by atoms with van der Waals surface area (Å²) in [5.74, 6) is -0.136. The summed E-state index contributed by atoms with van der Waals surface area (Å²) in [4.78, 5) is 16.3. The molecule has 0 aliphatic rings. The van der Waals surface area contributed by atoms with E-state index in [4.69, 9.17) is 0 Å². The number of fused-ring (bicyclic) bond motifs is 1. The summed E-state index contributed by atoms with van der Waals surface area (Å²) in [7, 11) is 0. The average molecular weight is 341 g/mol. The van der Waals surface area contributed by atoms with E-state index in [0.29, 0.717) is 16.7 Å². The van der Waals surface area contributed by atoms with Gasteiger partial charge < -0.3 is 5.32 Å². The number of halogens is 1. The molecule has 1 N–H and O–H groups in total. The second-order valence-electron chi connectivity index (χ2n) is 4.66. The largest absolute Gasteiger partial charge is 0.348 e. The predicted molar refractivity (Wildman–Crippen MR) is 87.1 cm³/mol. The molecule has 104 valence electrons. The second kappa shape index (κ2) is 6.06. The molecule has 1 aromatic heterocycles. The monoisotopic (exact) mass is 340 g/mol. The number of pyridine rings is 1. The molecule has 0 aliphatic heterocycles. The summed E-state index contributed by atoms with van der Waals surface area (Å²) >= 11 is 3.29. The Bertz CT molecular complexity index is 796. The molecule has 0 fully saturated rings. The first-order valence-electron chi connectivity index (χ1n) is 6.61. The third-order valence-corrected chi connectivity index (χ3v) is 3.95. The fraction of sp³-hybridized carbons (Fsp3) is 0.0588. The number of nitrogens with zero attached hydrogens (tertiary/aromatic N) is 1. The van der Waals surface area contributed by atoms with E-state index >= 15 is 0 Å². The summed E-state index contributed by atoms with van der Waals surface area (Å²) in [5, 5.41) is 5.27. The molecule has 21 heavy (non-hydrogen) atoms. The number of carbonyl (C=O) groups is 1. The van der Waals surface area contributed by atoms with Gasteiger partial charge in [0.15, 0.2) is 0 Å². The van der Waals surface area contributed by atoms with Crippen molar-refractivity contribution in [3.05, 3.63) is 76.5 Å². The quantitative estimate of drug-likeness (QED) is 0.734. The molecule has 3 rings (SSSR count). The minimum Gasteiger partial charge on any atom is -0.348 e. The van der Waals surface area contributed by atoms with Crippen molar-refractivity contribution >= 4 is 32.6 Å². The number of nitrogens with one attached hydrogen (secondary N) is 1. The maximum atomic E-state index is 12.2. The van der Waals surface area contributed by atoms with Crippen molar-refractivity contribution < 1.29 is 4.79 Å². The van der Waals surface area contributed by atoms with Gasteiger partial charge in [-0.1, -0.05) is 42.5 Å². The van der Waals surface area contributed by atoms with Crippen molar-refractivity contribution in [3.8, 4) is 0 Å². The Kier molecular flexibility index (Phi) is 3.97. The van der Waals surface area contributed by atoms with E-state index < -0.39 is 0 Å². The summed E-state index contributed by atoms with van der Waals surface area (Å²) < 4.78 is 0.556. The molecule has 4 heteroatoms. The van der Waals surface area contributed by atoms with Crippen LogP contribution in [-0.2, 0) is 6.54 Å². The number of carbonyl (C=O) groups excluding carboxylic acids is 1. The maximum absolute atomic E-state index is 12.2. The van der Waals surface area contributed by atoms with E-state index in [1.807, 2.05) is 24.3 Å². The van der Waals surface area contributed by atoms with Crippen LogP contribution in [0.2, 0.25) is 0 Å². The van der Waals surface area contributed by atoms with Gasteiger partial charge in [-0.25, -0.2) is 4.98 Å². The molecular weight excluding hydrogens is 328 g/mol. The normalized spacial score (nSPS) is 10.5. The van der Waals surface area contributed by atoms with E-state index in [-0.39, 0.29) is 5.91 Å². The Morgan fingerprint density at radius 2 is 1.86 bits per heavy atom. The first kappa shape index (κ1) is 13.8. The van der Waals surface area contributed by atoms with E-state index in [1.165, 1.54) is 5.39 Å². The maximum Gasteiger partial charge on any atom is 0.254 e. The topological polar surface area (TPSA) is 42.0 Å². The molecule has 0 aliphatic carbocycles. The second-order valence-corrected chi connectivity index (χ2v) is 5.41. The summed E-state index contributed by atoms with van der Waals surface area (Å²) in [6.07, 6.45) is 1.64. The molecule has 0 spiro atoms. The van der Waals surface area contributed by atoms with E-state index in [2.05, 4.69) is 44.4 Å². The van der Waals surface area contributed by atoms with Gasteiger partial charge in [0.1, 0.15) is 4.60 Å².